The van der Waals surface area contributed by atoms with Crippen LogP contribution in [0.1, 0.15) is 20.3 Å². The predicted molar refractivity (Wildman–Crippen MR) is 81.8 cm³/mol. The number of ether oxygens (including phenoxy) is 1. The second-order valence-electron chi connectivity index (χ2n) is 4.53. The van der Waals surface area contributed by atoms with Crippen LogP contribution in [0.15, 0.2) is 21.5 Å². The van der Waals surface area contributed by atoms with Gasteiger partial charge in [-0.25, -0.2) is 13.1 Å². The molecule has 0 bridgehead atoms. The quantitative estimate of drug-likeness (QED) is 0.788. The fraction of sp³-hybridized carbons (Fsp3) is 0.500. The van der Waals surface area contributed by atoms with E-state index in [0.29, 0.717) is 10.9 Å². The fourth-order valence-electron chi connectivity index (χ4n) is 1.82. The number of benzene rings is 1. The van der Waals surface area contributed by atoms with Crippen molar-refractivity contribution in [3.05, 3.63) is 21.6 Å². The fourth-order valence-corrected chi connectivity index (χ4v) is 4.46. The van der Waals surface area contributed by atoms with Crippen molar-refractivity contribution in [1.29, 1.82) is 0 Å². The molecule has 1 aromatic carbocycles. The molecule has 114 valence electrons. The smallest absolute Gasteiger partial charge is 0.244 e. The number of hydrogen-bond acceptors (Lipinski definition) is 4. The first-order chi connectivity index (χ1) is 9.17. The van der Waals surface area contributed by atoms with E-state index in [0.717, 1.165) is 0 Å². The molecule has 0 fully saturated rings. The second kappa shape index (κ2) is 7.09. The Balaban J connectivity index is 3.15. The van der Waals surface area contributed by atoms with E-state index < -0.39 is 22.2 Å². The molecule has 0 saturated carbocycles. The molecule has 0 heterocycles. The Labute approximate surface area is 132 Å². The number of sulfonamides is 1. The van der Waals surface area contributed by atoms with E-state index in [2.05, 4.69) is 20.7 Å². The van der Waals surface area contributed by atoms with Gasteiger partial charge in [-0.1, -0.05) is 11.6 Å². The number of hydrogen-bond donors (Lipinski definition) is 2. The minimum absolute atomic E-state index is 0.0446. The summed E-state index contributed by atoms with van der Waals surface area (Å²) >= 11 is 9.10. The average Bonchev–Trinajstić information content (AvgIpc) is 2.25. The molecule has 5 nitrogen and oxygen atoms in total. The van der Waals surface area contributed by atoms with Crippen LogP contribution in [-0.4, -0.2) is 32.8 Å². The van der Waals surface area contributed by atoms with Crippen LogP contribution in [0.3, 0.4) is 0 Å². The lowest BCUT2D eigenvalue weighted by molar-refractivity contribution is 0.175. The van der Waals surface area contributed by atoms with Gasteiger partial charge in [0.1, 0.15) is 4.90 Å². The van der Waals surface area contributed by atoms with Gasteiger partial charge in [0, 0.05) is 11.1 Å². The van der Waals surface area contributed by atoms with Gasteiger partial charge in [-0.15, -0.1) is 0 Å². The Hall–Kier alpha value is -0.340. The van der Waals surface area contributed by atoms with Crippen LogP contribution in [0, 0.1) is 0 Å². The summed E-state index contributed by atoms with van der Waals surface area (Å²) < 4.78 is 32.8. The Morgan fingerprint density at radius 3 is 2.55 bits per heavy atom. The topological polar surface area (TPSA) is 75.6 Å². The number of rotatable bonds is 6. The van der Waals surface area contributed by atoms with Crippen molar-refractivity contribution >= 4 is 37.6 Å². The zero-order chi connectivity index (χ0) is 15.5. The first-order valence-corrected chi connectivity index (χ1v) is 8.56. The summed E-state index contributed by atoms with van der Waals surface area (Å²) in [5, 5.41) is 9.57. The van der Waals surface area contributed by atoms with E-state index in [-0.39, 0.29) is 15.7 Å². The van der Waals surface area contributed by atoms with Crippen molar-refractivity contribution in [3.63, 3.8) is 0 Å². The standard InChI is InChI=1S/C12H17BrClNO4S/c1-7(4-8(2)16)15-20(17,18)11-6-9(14)5-10(13)12(11)19-3/h5-8,15-16H,4H2,1-3H3. The number of aliphatic hydroxyl groups excluding tert-OH is 1. The Morgan fingerprint density at radius 2 is 2.05 bits per heavy atom. The molecular weight excluding hydrogens is 370 g/mol. The first kappa shape index (κ1) is 17.7. The van der Waals surface area contributed by atoms with Gasteiger partial charge in [-0.2, -0.15) is 0 Å². The van der Waals surface area contributed by atoms with Crippen LogP contribution < -0.4 is 9.46 Å². The van der Waals surface area contributed by atoms with Crippen molar-refractivity contribution < 1.29 is 18.3 Å². The zero-order valence-electron chi connectivity index (χ0n) is 11.4. The van der Waals surface area contributed by atoms with Crippen molar-refractivity contribution in [2.24, 2.45) is 0 Å². The number of methoxy groups -OCH3 is 1. The molecule has 2 atom stereocenters. The molecule has 0 aliphatic rings. The third-order valence-corrected chi connectivity index (χ3v) is 4.92. The highest BCUT2D eigenvalue weighted by molar-refractivity contribution is 9.10. The lowest BCUT2D eigenvalue weighted by Gasteiger charge is -2.17. The van der Waals surface area contributed by atoms with E-state index in [1.165, 1.54) is 13.2 Å². The summed E-state index contributed by atoms with van der Waals surface area (Å²) in [6.07, 6.45) is -0.288. The lowest BCUT2D eigenvalue weighted by Crippen LogP contribution is -2.34. The number of nitrogens with one attached hydrogen (secondary N) is 1. The van der Waals surface area contributed by atoms with Gasteiger partial charge in [0.05, 0.1) is 17.7 Å². The first-order valence-electron chi connectivity index (χ1n) is 5.90. The Kier molecular flexibility index (Phi) is 6.27. The molecule has 8 heteroatoms. The van der Waals surface area contributed by atoms with Gasteiger partial charge in [-0.3, -0.25) is 0 Å². The Bertz CT molecular complexity index is 577. The molecule has 1 rings (SSSR count). The molecule has 2 N–H and O–H groups in total. The second-order valence-corrected chi connectivity index (χ2v) is 7.50. The van der Waals surface area contributed by atoms with E-state index in [9.17, 15) is 13.5 Å². The molecule has 0 saturated heterocycles. The van der Waals surface area contributed by atoms with E-state index >= 15 is 0 Å². The molecule has 0 aliphatic carbocycles. The minimum atomic E-state index is -3.79. The van der Waals surface area contributed by atoms with Crippen LogP contribution >= 0.6 is 27.5 Å². The molecule has 0 aromatic heterocycles. The molecule has 0 amide bonds. The van der Waals surface area contributed by atoms with Gasteiger partial charge in [-0.05, 0) is 48.3 Å². The van der Waals surface area contributed by atoms with Crippen molar-refractivity contribution in [3.8, 4) is 5.75 Å². The molecule has 2 unspecified atom stereocenters. The normalized spacial score (nSPS) is 14.9. The van der Waals surface area contributed by atoms with Gasteiger partial charge >= 0.3 is 0 Å². The van der Waals surface area contributed by atoms with Crippen LogP contribution in [0.25, 0.3) is 0 Å². The maximum atomic E-state index is 12.4. The predicted octanol–water partition coefficient (Wildman–Crippen LogP) is 2.55. The monoisotopic (exact) mass is 385 g/mol. The van der Waals surface area contributed by atoms with E-state index in [4.69, 9.17) is 16.3 Å². The summed E-state index contributed by atoms with van der Waals surface area (Å²) in [6.45, 7) is 3.28. The van der Waals surface area contributed by atoms with E-state index in [1.54, 1.807) is 19.9 Å². The van der Waals surface area contributed by atoms with Crippen LogP contribution in [0.5, 0.6) is 5.75 Å². The third kappa shape index (κ3) is 4.60. The Morgan fingerprint density at radius 1 is 1.45 bits per heavy atom. The summed E-state index contributed by atoms with van der Waals surface area (Å²) in [6, 6.07) is 2.46. The highest BCUT2D eigenvalue weighted by Gasteiger charge is 2.24. The molecule has 0 radical (unpaired) electrons. The summed E-state index contributed by atoms with van der Waals surface area (Å²) in [5.74, 6) is 0.186. The lowest BCUT2D eigenvalue weighted by atomic mass is 10.2. The number of halogens is 2. The zero-order valence-corrected chi connectivity index (χ0v) is 14.5. The van der Waals surface area contributed by atoms with Gasteiger partial charge < -0.3 is 9.84 Å². The third-order valence-electron chi connectivity index (χ3n) is 2.52. The van der Waals surface area contributed by atoms with Crippen LogP contribution in [-0.2, 0) is 10.0 Å². The summed E-state index contributed by atoms with van der Waals surface area (Å²) in [7, 11) is -2.41. The maximum absolute atomic E-state index is 12.4. The summed E-state index contributed by atoms with van der Waals surface area (Å²) in [4.78, 5) is -0.0446. The van der Waals surface area contributed by atoms with Gasteiger partial charge in [0.15, 0.2) is 5.75 Å². The van der Waals surface area contributed by atoms with E-state index in [1.807, 2.05) is 0 Å². The van der Waals surface area contributed by atoms with Crippen LogP contribution in [0.2, 0.25) is 5.02 Å². The molecular formula is C12H17BrClNO4S. The van der Waals surface area contributed by atoms with Crippen LogP contribution in [0.4, 0.5) is 0 Å². The summed E-state index contributed by atoms with van der Waals surface area (Å²) in [5.41, 5.74) is 0. The highest BCUT2D eigenvalue weighted by atomic mass is 79.9. The average molecular weight is 387 g/mol. The molecule has 20 heavy (non-hydrogen) atoms. The molecule has 1 aromatic rings. The van der Waals surface area contributed by atoms with Crippen molar-refractivity contribution in [2.45, 2.75) is 37.3 Å². The van der Waals surface area contributed by atoms with Crippen molar-refractivity contribution in [1.82, 2.24) is 4.72 Å². The minimum Gasteiger partial charge on any atom is -0.494 e. The molecule has 0 spiro atoms. The molecule has 0 aliphatic heterocycles. The van der Waals surface area contributed by atoms with Gasteiger partial charge in [0.25, 0.3) is 0 Å². The SMILES string of the molecule is COc1c(Br)cc(Cl)cc1S(=O)(=O)NC(C)CC(C)O. The largest absolute Gasteiger partial charge is 0.494 e. The van der Waals surface area contributed by atoms with Gasteiger partial charge in [0.2, 0.25) is 10.0 Å². The highest BCUT2D eigenvalue weighted by Crippen LogP contribution is 2.35. The maximum Gasteiger partial charge on any atom is 0.244 e. The number of aliphatic hydroxyl groups is 1. The van der Waals surface area contributed by atoms with Crippen molar-refractivity contribution in [2.75, 3.05) is 7.11 Å².